The van der Waals surface area contributed by atoms with Gasteiger partial charge in [-0.25, -0.2) is 0 Å². The third-order valence-electron chi connectivity index (χ3n) is 2.69. The van der Waals surface area contributed by atoms with Crippen LogP contribution < -0.4 is 0 Å². The fraction of sp³-hybridized carbons (Fsp3) is 0.455. The number of hydrogen-bond acceptors (Lipinski definition) is 1. The van der Waals surface area contributed by atoms with E-state index in [1.54, 1.807) is 5.57 Å². The summed E-state index contributed by atoms with van der Waals surface area (Å²) in [5, 5.41) is 3.02. The van der Waals surface area contributed by atoms with Crippen LogP contribution in [0.25, 0.3) is 0 Å². The normalized spacial score (nSPS) is 28.3. The zero-order chi connectivity index (χ0) is 8.55. The molecule has 1 heterocycles. The molecule has 64 valence electrons. The topological polar surface area (TPSA) is 0 Å². The zero-order valence-corrected chi connectivity index (χ0v) is 8.40. The molecule has 2 rings (SSSR count). The molecule has 1 heteroatoms. The molecular weight excluding hydrogens is 164 g/mol. The highest BCUT2D eigenvalue weighted by molar-refractivity contribution is 8.03. The van der Waals surface area contributed by atoms with Gasteiger partial charge in [-0.3, -0.25) is 0 Å². The lowest BCUT2D eigenvalue weighted by atomic mass is 9.96. The highest BCUT2D eigenvalue weighted by atomic mass is 32.2. The number of hydrogen-bond donors (Lipinski definition) is 0. The Kier molecular flexibility index (Phi) is 2.14. The summed E-state index contributed by atoms with van der Waals surface area (Å²) in [6, 6.07) is 0. The molecule has 0 fully saturated rings. The van der Waals surface area contributed by atoms with Crippen LogP contribution in [0.2, 0.25) is 0 Å². The standard InChI is InChI=1S/C11H14S/c1-3-8(2)11-10-6-4-5-9(10)7-12-11/h4-8,11H,3H2,1-2H3. The Labute approximate surface area is 78.4 Å². The van der Waals surface area contributed by atoms with E-state index in [-0.39, 0.29) is 0 Å². The van der Waals surface area contributed by atoms with Crippen molar-refractivity contribution < 1.29 is 0 Å². The minimum Gasteiger partial charge on any atom is -0.125 e. The van der Waals surface area contributed by atoms with Gasteiger partial charge in [0.1, 0.15) is 0 Å². The summed E-state index contributed by atoms with van der Waals surface area (Å²) in [7, 11) is 0. The first-order chi connectivity index (χ1) is 5.83. The fourth-order valence-electron chi connectivity index (χ4n) is 1.69. The zero-order valence-electron chi connectivity index (χ0n) is 7.58. The van der Waals surface area contributed by atoms with Crippen molar-refractivity contribution in [3.8, 4) is 0 Å². The molecule has 0 saturated carbocycles. The van der Waals surface area contributed by atoms with Gasteiger partial charge in [-0.2, -0.15) is 0 Å². The van der Waals surface area contributed by atoms with Crippen LogP contribution in [0.3, 0.4) is 0 Å². The first-order valence-corrected chi connectivity index (χ1v) is 5.51. The van der Waals surface area contributed by atoms with Crippen LogP contribution in [0.4, 0.5) is 0 Å². The largest absolute Gasteiger partial charge is 0.125 e. The first-order valence-electron chi connectivity index (χ1n) is 4.57. The van der Waals surface area contributed by atoms with Crippen molar-refractivity contribution in [1.82, 2.24) is 0 Å². The maximum Gasteiger partial charge on any atom is 0.0370 e. The maximum atomic E-state index is 2.34. The van der Waals surface area contributed by atoms with E-state index in [2.05, 4.69) is 37.5 Å². The van der Waals surface area contributed by atoms with Crippen molar-refractivity contribution in [3.05, 3.63) is 34.8 Å². The van der Waals surface area contributed by atoms with Crippen molar-refractivity contribution in [2.45, 2.75) is 25.5 Å². The number of thioether (sulfide) groups is 1. The molecule has 0 aromatic rings. The fourth-order valence-corrected chi connectivity index (χ4v) is 3.02. The minimum atomic E-state index is 0.722. The number of rotatable bonds is 2. The molecule has 12 heavy (non-hydrogen) atoms. The molecule has 2 atom stereocenters. The predicted octanol–water partition coefficient (Wildman–Crippen LogP) is 3.53. The van der Waals surface area contributed by atoms with Crippen LogP contribution in [0.1, 0.15) is 20.3 Å². The highest BCUT2D eigenvalue weighted by Crippen LogP contribution is 2.42. The lowest BCUT2D eigenvalue weighted by Gasteiger charge is -2.17. The summed E-state index contributed by atoms with van der Waals surface area (Å²) >= 11 is 1.99. The molecule has 0 nitrogen and oxygen atoms in total. The first kappa shape index (κ1) is 8.18. The van der Waals surface area contributed by atoms with Gasteiger partial charge in [0.05, 0.1) is 0 Å². The van der Waals surface area contributed by atoms with Crippen LogP contribution in [0, 0.1) is 5.92 Å². The Morgan fingerprint density at radius 1 is 1.58 bits per heavy atom. The molecule has 0 spiro atoms. The van der Waals surface area contributed by atoms with Gasteiger partial charge in [0.25, 0.3) is 0 Å². The quantitative estimate of drug-likeness (QED) is 0.623. The van der Waals surface area contributed by atoms with Crippen LogP contribution in [-0.4, -0.2) is 5.25 Å². The Morgan fingerprint density at radius 2 is 2.42 bits per heavy atom. The molecule has 2 unspecified atom stereocenters. The third-order valence-corrected chi connectivity index (χ3v) is 4.10. The predicted molar refractivity (Wildman–Crippen MR) is 56.1 cm³/mol. The van der Waals surface area contributed by atoms with Crippen molar-refractivity contribution in [2.75, 3.05) is 0 Å². The van der Waals surface area contributed by atoms with Gasteiger partial charge in [0.2, 0.25) is 0 Å². The summed E-state index contributed by atoms with van der Waals surface area (Å²) in [5.74, 6) is 0.801. The molecule has 0 bridgehead atoms. The lowest BCUT2D eigenvalue weighted by molar-refractivity contribution is 0.577. The van der Waals surface area contributed by atoms with Gasteiger partial charge < -0.3 is 0 Å². The Morgan fingerprint density at radius 3 is 3.17 bits per heavy atom. The molecule has 0 saturated heterocycles. The van der Waals surface area contributed by atoms with Crippen molar-refractivity contribution in [2.24, 2.45) is 5.92 Å². The second kappa shape index (κ2) is 3.14. The van der Waals surface area contributed by atoms with Crippen molar-refractivity contribution in [3.63, 3.8) is 0 Å². The molecule has 0 amide bonds. The van der Waals surface area contributed by atoms with Crippen molar-refractivity contribution >= 4 is 11.8 Å². The molecule has 0 radical (unpaired) electrons. The van der Waals surface area contributed by atoms with Gasteiger partial charge in [-0.1, -0.05) is 38.5 Å². The Balaban J connectivity index is 2.16. The average molecular weight is 178 g/mol. The third kappa shape index (κ3) is 1.16. The Hall–Kier alpha value is -0.430. The second-order valence-electron chi connectivity index (χ2n) is 3.50. The van der Waals surface area contributed by atoms with E-state index in [4.69, 9.17) is 0 Å². The smallest absolute Gasteiger partial charge is 0.0370 e. The van der Waals surface area contributed by atoms with Gasteiger partial charge >= 0.3 is 0 Å². The SMILES string of the molecule is CCC(C)C1SC=C2C=CC=C21. The van der Waals surface area contributed by atoms with E-state index in [1.807, 2.05) is 11.8 Å². The molecule has 1 aliphatic heterocycles. The van der Waals surface area contributed by atoms with E-state index in [1.165, 1.54) is 12.0 Å². The van der Waals surface area contributed by atoms with Gasteiger partial charge in [0.15, 0.2) is 0 Å². The second-order valence-corrected chi connectivity index (χ2v) is 4.51. The number of allylic oxidation sites excluding steroid dienone is 4. The maximum absolute atomic E-state index is 2.34. The summed E-state index contributed by atoms with van der Waals surface area (Å²) < 4.78 is 0. The minimum absolute atomic E-state index is 0.722. The monoisotopic (exact) mass is 178 g/mol. The molecule has 0 aromatic carbocycles. The Bertz CT molecular complexity index is 271. The van der Waals surface area contributed by atoms with Gasteiger partial charge in [-0.05, 0) is 22.5 Å². The molecule has 2 aliphatic rings. The van der Waals surface area contributed by atoms with E-state index >= 15 is 0 Å². The lowest BCUT2D eigenvalue weighted by Crippen LogP contribution is -2.12. The molecular formula is C11H14S. The van der Waals surface area contributed by atoms with E-state index < -0.39 is 0 Å². The van der Waals surface area contributed by atoms with Gasteiger partial charge in [-0.15, -0.1) is 11.8 Å². The molecule has 0 N–H and O–H groups in total. The van der Waals surface area contributed by atoms with Crippen LogP contribution in [0.15, 0.2) is 34.8 Å². The van der Waals surface area contributed by atoms with E-state index in [0.717, 1.165) is 11.2 Å². The van der Waals surface area contributed by atoms with Crippen molar-refractivity contribution in [1.29, 1.82) is 0 Å². The van der Waals surface area contributed by atoms with Crippen LogP contribution >= 0.6 is 11.8 Å². The van der Waals surface area contributed by atoms with Crippen LogP contribution in [0.5, 0.6) is 0 Å². The summed E-state index contributed by atoms with van der Waals surface area (Å²) in [6.07, 6.45) is 7.92. The molecule has 1 aliphatic carbocycles. The summed E-state index contributed by atoms with van der Waals surface area (Å²) in [4.78, 5) is 0. The summed E-state index contributed by atoms with van der Waals surface area (Å²) in [6.45, 7) is 4.61. The van der Waals surface area contributed by atoms with E-state index in [0.29, 0.717) is 0 Å². The van der Waals surface area contributed by atoms with E-state index in [9.17, 15) is 0 Å². The molecule has 0 aromatic heterocycles. The highest BCUT2D eigenvalue weighted by Gasteiger charge is 2.27. The average Bonchev–Trinajstić information content (AvgIpc) is 2.62. The summed E-state index contributed by atoms with van der Waals surface area (Å²) in [5.41, 5.74) is 3.00. The number of fused-ring (bicyclic) bond motifs is 1. The van der Waals surface area contributed by atoms with Gasteiger partial charge in [0, 0.05) is 5.25 Å². The van der Waals surface area contributed by atoms with Crippen LogP contribution in [-0.2, 0) is 0 Å².